The van der Waals surface area contributed by atoms with E-state index < -0.39 is 0 Å². The molecule has 1 aliphatic heterocycles. The summed E-state index contributed by atoms with van der Waals surface area (Å²) in [5.74, 6) is 0.879. The molecule has 2 N–H and O–H groups in total. The maximum absolute atomic E-state index is 5.54. The molecule has 6 nitrogen and oxygen atoms in total. The molecule has 2 aliphatic rings. The van der Waals surface area contributed by atoms with Crippen molar-refractivity contribution in [3.8, 4) is 0 Å². The lowest BCUT2D eigenvalue weighted by molar-refractivity contribution is 0.00820. The van der Waals surface area contributed by atoms with Crippen LogP contribution in [0.5, 0.6) is 0 Å². The Morgan fingerprint density at radius 2 is 1.90 bits per heavy atom. The molecule has 0 atom stereocenters. The van der Waals surface area contributed by atoms with E-state index in [0.717, 1.165) is 56.1 Å². The summed E-state index contributed by atoms with van der Waals surface area (Å²) in [5.41, 5.74) is 1.60. The summed E-state index contributed by atoms with van der Waals surface area (Å²) < 4.78 is 5.54. The average molecular weight is 550 g/mol. The third kappa shape index (κ3) is 7.60. The van der Waals surface area contributed by atoms with Crippen LogP contribution in [0.4, 0.5) is 0 Å². The Kier molecular flexibility index (Phi) is 10.3. The van der Waals surface area contributed by atoms with Gasteiger partial charge >= 0.3 is 0 Å². The maximum Gasteiger partial charge on any atom is 0.191 e. The van der Waals surface area contributed by atoms with E-state index in [-0.39, 0.29) is 29.4 Å². The van der Waals surface area contributed by atoms with Gasteiger partial charge in [0.15, 0.2) is 5.96 Å². The fourth-order valence-corrected chi connectivity index (χ4v) is 5.27. The molecule has 0 bridgehead atoms. The second-order valence-electron chi connectivity index (χ2n) is 9.60. The van der Waals surface area contributed by atoms with Gasteiger partial charge < -0.3 is 15.4 Å². The molecule has 3 rings (SSSR count). The third-order valence-electron chi connectivity index (χ3n) is 6.16. The minimum Gasteiger partial charge on any atom is -0.379 e. The van der Waals surface area contributed by atoms with Crippen LogP contribution in [0.2, 0.25) is 0 Å². The van der Waals surface area contributed by atoms with Crippen LogP contribution in [0.1, 0.15) is 63.6 Å². The lowest BCUT2D eigenvalue weighted by Gasteiger charge is -2.42. The highest BCUT2D eigenvalue weighted by molar-refractivity contribution is 14.0. The van der Waals surface area contributed by atoms with E-state index >= 15 is 0 Å². The van der Waals surface area contributed by atoms with Crippen molar-refractivity contribution in [2.45, 2.75) is 64.8 Å². The molecule has 1 saturated carbocycles. The smallest absolute Gasteiger partial charge is 0.191 e. The van der Waals surface area contributed by atoms with Crippen molar-refractivity contribution in [1.29, 1.82) is 0 Å². The fourth-order valence-electron chi connectivity index (χ4n) is 4.31. The molecule has 2 fully saturated rings. The molecule has 1 saturated heterocycles. The molecule has 0 unspecified atom stereocenters. The molecule has 1 aliphatic carbocycles. The zero-order valence-corrected chi connectivity index (χ0v) is 22.3. The van der Waals surface area contributed by atoms with Gasteiger partial charge in [0.05, 0.1) is 25.5 Å². The van der Waals surface area contributed by atoms with Crippen molar-refractivity contribution in [1.82, 2.24) is 20.5 Å². The first-order chi connectivity index (χ1) is 13.9. The molecule has 8 heteroatoms. The first-order valence-electron chi connectivity index (χ1n) is 11.1. The first-order valence-corrected chi connectivity index (χ1v) is 12.0. The number of guanidine groups is 1. The zero-order chi connectivity index (χ0) is 20.7. The predicted molar refractivity (Wildman–Crippen MR) is 137 cm³/mol. The Labute approximate surface area is 203 Å². The minimum atomic E-state index is 0. The average Bonchev–Trinajstić information content (AvgIpc) is 3.19. The van der Waals surface area contributed by atoms with Crippen LogP contribution in [-0.2, 0) is 16.7 Å². The number of nitrogens with one attached hydrogen (secondary N) is 2. The molecule has 0 amide bonds. The molecule has 1 aromatic heterocycles. The van der Waals surface area contributed by atoms with Crippen molar-refractivity contribution in [3.05, 3.63) is 16.1 Å². The first kappa shape index (κ1) is 25.8. The van der Waals surface area contributed by atoms with Crippen LogP contribution >= 0.6 is 35.3 Å². The second-order valence-corrected chi connectivity index (χ2v) is 10.5. The molecule has 0 aromatic carbocycles. The summed E-state index contributed by atoms with van der Waals surface area (Å²) in [7, 11) is 1.85. The normalized spacial score (nSPS) is 20.5. The summed E-state index contributed by atoms with van der Waals surface area (Å²) in [6.07, 6.45) is 6.66. The molecule has 0 radical (unpaired) electrons. The Morgan fingerprint density at radius 3 is 2.50 bits per heavy atom. The van der Waals surface area contributed by atoms with E-state index in [1.165, 1.54) is 38.6 Å². The van der Waals surface area contributed by atoms with Gasteiger partial charge in [-0.25, -0.2) is 4.98 Å². The summed E-state index contributed by atoms with van der Waals surface area (Å²) in [6.45, 7) is 13.4. The molecule has 0 spiro atoms. The monoisotopic (exact) mass is 549 g/mol. The van der Waals surface area contributed by atoms with Crippen molar-refractivity contribution in [3.63, 3.8) is 0 Å². The number of halogens is 1. The Bertz CT molecular complexity index is 661. The number of aliphatic imine (C=N–C) groups is 1. The third-order valence-corrected chi connectivity index (χ3v) is 7.01. The standard InChI is InChI=1S/C22H39N5OS.HI/c1-21(2,3)18-15-29-19(26-18)14-24-20(23-4)25-16-22(8-6-5-7-9-22)17-27-10-12-28-13-11-27;/h15H,5-14,16-17H2,1-4H3,(H2,23,24,25);1H. The number of ether oxygens (including phenoxy) is 1. The fraction of sp³-hybridized carbons (Fsp3) is 0.818. The van der Waals surface area contributed by atoms with E-state index in [9.17, 15) is 0 Å². The van der Waals surface area contributed by atoms with Crippen molar-refractivity contribution < 1.29 is 4.74 Å². The highest BCUT2D eigenvalue weighted by Gasteiger charge is 2.34. The quantitative estimate of drug-likeness (QED) is 0.319. The van der Waals surface area contributed by atoms with E-state index in [1.807, 2.05) is 7.05 Å². The van der Waals surface area contributed by atoms with E-state index in [4.69, 9.17) is 9.72 Å². The predicted octanol–water partition coefficient (Wildman–Crippen LogP) is 4.01. The highest BCUT2D eigenvalue weighted by Crippen LogP contribution is 2.36. The Hall–Kier alpha value is -0.450. The van der Waals surface area contributed by atoms with E-state index in [0.29, 0.717) is 5.41 Å². The Morgan fingerprint density at radius 1 is 1.20 bits per heavy atom. The summed E-state index contributed by atoms with van der Waals surface area (Å²) >= 11 is 1.72. The van der Waals surface area contributed by atoms with Gasteiger partial charge in [-0.15, -0.1) is 35.3 Å². The number of nitrogens with zero attached hydrogens (tertiary/aromatic N) is 3. The van der Waals surface area contributed by atoms with Gasteiger partial charge in [0.1, 0.15) is 5.01 Å². The SMILES string of the molecule is CN=C(NCc1nc(C(C)(C)C)cs1)NCC1(CN2CCOCC2)CCCCC1.I. The van der Waals surface area contributed by atoms with Crippen LogP contribution in [-0.4, -0.2) is 62.3 Å². The lowest BCUT2D eigenvalue weighted by atomic mass is 9.73. The molecule has 30 heavy (non-hydrogen) atoms. The number of hydrogen-bond acceptors (Lipinski definition) is 5. The number of thiazole rings is 1. The van der Waals surface area contributed by atoms with Crippen LogP contribution < -0.4 is 10.6 Å². The molecular formula is C22H40IN5OS. The number of rotatable bonds is 6. The maximum atomic E-state index is 5.54. The van der Waals surface area contributed by atoms with Crippen LogP contribution in [0.25, 0.3) is 0 Å². The highest BCUT2D eigenvalue weighted by atomic mass is 127. The largest absolute Gasteiger partial charge is 0.379 e. The number of morpholine rings is 1. The molecular weight excluding hydrogens is 509 g/mol. The van der Waals surface area contributed by atoms with Crippen LogP contribution in [0.3, 0.4) is 0 Å². The zero-order valence-electron chi connectivity index (χ0n) is 19.1. The Balaban J connectivity index is 0.00000320. The molecule has 1 aromatic rings. The van der Waals surface area contributed by atoms with E-state index in [1.54, 1.807) is 11.3 Å². The topological polar surface area (TPSA) is 61.8 Å². The minimum absolute atomic E-state index is 0. The van der Waals surface area contributed by atoms with Gasteiger partial charge in [-0.05, 0) is 12.8 Å². The lowest BCUT2D eigenvalue weighted by Crippen LogP contribution is -2.51. The second kappa shape index (κ2) is 12.0. The van der Waals surface area contributed by atoms with Crippen LogP contribution in [0, 0.1) is 5.41 Å². The molecule has 172 valence electrons. The summed E-state index contributed by atoms with van der Waals surface area (Å²) in [4.78, 5) is 11.8. The van der Waals surface area contributed by atoms with Gasteiger partial charge in [-0.1, -0.05) is 40.0 Å². The van der Waals surface area contributed by atoms with E-state index in [2.05, 4.69) is 46.7 Å². The van der Waals surface area contributed by atoms with Crippen molar-refractivity contribution in [2.24, 2.45) is 10.4 Å². The summed E-state index contributed by atoms with van der Waals surface area (Å²) in [6, 6.07) is 0. The number of aromatic nitrogens is 1. The van der Waals surface area contributed by atoms with Gasteiger partial charge in [0, 0.05) is 49.4 Å². The van der Waals surface area contributed by atoms with Gasteiger partial charge in [0.2, 0.25) is 0 Å². The number of hydrogen-bond donors (Lipinski definition) is 2. The van der Waals surface area contributed by atoms with Gasteiger partial charge in [-0.3, -0.25) is 9.89 Å². The molecule has 2 heterocycles. The van der Waals surface area contributed by atoms with Crippen molar-refractivity contribution in [2.75, 3.05) is 46.4 Å². The van der Waals surface area contributed by atoms with Crippen molar-refractivity contribution >= 4 is 41.3 Å². The van der Waals surface area contributed by atoms with Gasteiger partial charge in [-0.2, -0.15) is 0 Å². The van der Waals surface area contributed by atoms with Crippen LogP contribution in [0.15, 0.2) is 10.4 Å². The summed E-state index contributed by atoms with van der Waals surface area (Å²) in [5, 5.41) is 10.4. The van der Waals surface area contributed by atoms with Gasteiger partial charge in [0.25, 0.3) is 0 Å².